The lowest BCUT2D eigenvalue weighted by Crippen LogP contribution is -2.45. The fourth-order valence-corrected chi connectivity index (χ4v) is 3.73. The number of fused-ring (bicyclic) bond motifs is 1. The van der Waals surface area contributed by atoms with Gasteiger partial charge in [-0.25, -0.2) is 0 Å². The Balaban J connectivity index is 1.58. The highest BCUT2D eigenvalue weighted by Gasteiger charge is 2.29. The summed E-state index contributed by atoms with van der Waals surface area (Å²) < 4.78 is 5.46. The van der Waals surface area contributed by atoms with Gasteiger partial charge >= 0.3 is 0 Å². The molecule has 0 aliphatic carbocycles. The van der Waals surface area contributed by atoms with Gasteiger partial charge in [-0.15, -0.1) is 0 Å². The Labute approximate surface area is 164 Å². The summed E-state index contributed by atoms with van der Waals surface area (Å²) in [4.78, 5) is 24.0. The molecule has 6 heteroatoms. The highest BCUT2D eigenvalue weighted by molar-refractivity contribution is 5.86. The predicted octanol–water partition coefficient (Wildman–Crippen LogP) is 2.63. The van der Waals surface area contributed by atoms with E-state index in [1.54, 1.807) is 18.6 Å². The van der Waals surface area contributed by atoms with Crippen molar-refractivity contribution in [3.8, 4) is 0 Å². The number of hydrogen-bond acceptors (Lipinski definition) is 5. The number of pyridine rings is 2. The number of rotatable bonds is 5. The van der Waals surface area contributed by atoms with E-state index in [4.69, 9.17) is 4.74 Å². The summed E-state index contributed by atoms with van der Waals surface area (Å²) in [6, 6.07) is 11.5. The van der Waals surface area contributed by atoms with Gasteiger partial charge in [0.1, 0.15) is 6.04 Å². The smallest absolute Gasteiger partial charge is 0.242 e. The standard InChI is InChI=1S/C22H24N4O2/c1-16-6-7-20-18(5-3-9-24-20)19(16)15-25-22(27)21(17-4-2-8-23-14-17)26-10-12-28-13-11-26/h2-9,14,21H,10-13,15H2,1H3,(H,25,27). The minimum absolute atomic E-state index is 0.0183. The van der Waals surface area contributed by atoms with Crippen LogP contribution in [0.5, 0.6) is 0 Å². The zero-order valence-corrected chi connectivity index (χ0v) is 16.0. The summed E-state index contributed by atoms with van der Waals surface area (Å²) in [6.45, 7) is 5.26. The van der Waals surface area contributed by atoms with Crippen LogP contribution >= 0.6 is 0 Å². The van der Waals surface area contributed by atoms with Crippen molar-refractivity contribution in [3.63, 3.8) is 0 Å². The predicted molar refractivity (Wildman–Crippen MR) is 108 cm³/mol. The van der Waals surface area contributed by atoms with Gasteiger partial charge in [-0.1, -0.05) is 18.2 Å². The average Bonchev–Trinajstić information content (AvgIpc) is 2.75. The Morgan fingerprint density at radius 1 is 1.18 bits per heavy atom. The van der Waals surface area contributed by atoms with Gasteiger partial charge in [0.05, 0.1) is 18.7 Å². The van der Waals surface area contributed by atoms with Gasteiger partial charge in [0.2, 0.25) is 5.91 Å². The molecule has 1 atom stereocenters. The first kappa shape index (κ1) is 18.5. The molecule has 1 aliphatic rings. The number of carbonyl (C=O) groups excluding carboxylic acids is 1. The number of aryl methyl sites for hydroxylation is 1. The van der Waals surface area contributed by atoms with Gasteiger partial charge < -0.3 is 10.1 Å². The first-order valence-electron chi connectivity index (χ1n) is 9.56. The fourth-order valence-electron chi connectivity index (χ4n) is 3.73. The molecule has 0 spiro atoms. The first-order valence-corrected chi connectivity index (χ1v) is 9.56. The number of morpholine rings is 1. The summed E-state index contributed by atoms with van der Waals surface area (Å²) in [6.07, 6.45) is 5.29. The molecular formula is C22H24N4O2. The van der Waals surface area contributed by atoms with Gasteiger partial charge in [-0.3, -0.25) is 19.7 Å². The maximum atomic E-state index is 13.2. The number of hydrogen-bond donors (Lipinski definition) is 1. The molecule has 144 valence electrons. The molecule has 0 saturated carbocycles. The SMILES string of the molecule is Cc1ccc2ncccc2c1CNC(=O)C(c1cccnc1)N1CCOCC1. The largest absolute Gasteiger partial charge is 0.379 e. The Morgan fingerprint density at radius 2 is 2.00 bits per heavy atom. The molecule has 4 rings (SSSR count). The molecule has 1 aliphatic heterocycles. The van der Waals surface area contributed by atoms with Crippen LogP contribution in [0.4, 0.5) is 0 Å². The molecule has 1 unspecified atom stereocenters. The molecule has 1 aromatic carbocycles. The molecular weight excluding hydrogens is 352 g/mol. The molecule has 2 aromatic heterocycles. The Hall–Kier alpha value is -2.83. The molecule has 1 fully saturated rings. The highest BCUT2D eigenvalue weighted by Crippen LogP contribution is 2.23. The van der Waals surface area contributed by atoms with Crippen molar-refractivity contribution < 1.29 is 9.53 Å². The van der Waals surface area contributed by atoms with Crippen molar-refractivity contribution in [2.45, 2.75) is 19.5 Å². The maximum Gasteiger partial charge on any atom is 0.242 e. The molecule has 1 amide bonds. The van der Waals surface area contributed by atoms with Crippen molar-refractivity contribution in [1.82, 2.24) is 20.2 Å². The molecule has 3 aromatic rings. The number of benzene rings is 1. The van der Waals surface area contributed by atoms with Crippen LogP contribution in [0.2, 0.25) is 0 Å². The summed E-state index contributed by atoms with van der Waals surface area (Å²) in [5.74, 6) is -0.0183. The Bertz CT molecular complexity index is 955. The van der Waals surface area contributed by atoms with Crippen LogP contribution in [0.25, 0.3) is 10.9 Å². The van der Waals surface area contributed by atoms with E-state index in [-0.39, 0.29) is 11.9 Å². The summed E-state index contributed by atoms with van der Waals surface area (Å²) in [5.41, 5.74) is 4.09. The third kappa shape index (κ3) is 3.88. The topological polar surface area (TPSA) is 67.4 Å². The van der Waals surface area contributed by atoms with Gasteiger partial charge in [-0.05, 0) is 41.8 Å². The number of nitrogens with one attached hydrogen (secondary N) is 1. The number of ether oxygens (including phenoxy) is 1. The van der Waals surface area contributed by atoms with Crippen molar-refractivity contribution in [2.24, 2.45) is 0 Å². The Kier molecular flexibility index (Phi) is 5.60. The van der Waals surface area contributed by atoms with Gasteiger partial charge in [0.15, 0.2) is 0 Å². The van der Waals surface area contributed by atoms with E-state index in [2.05, 4.69) is 39.2 Å². The van der Waals surface area contributed by atoms with E-state index in [9.17, 15) is 4.79 Å². The number of amides is 1. The number of aromatic nitrogens is 2. The van der Waals surface area contributed by atoms with E-state index < -0.39 is 0 Å². The fraction of sp³-hybridized carbons (Fsp3) is 0.318. The summed E-state index contributed by atoms with van der Waals surface area (Å²) in [7, 11) is 0. The van der Waals surface area contributed by atoms with Crippen LogP contribution in [-0.4, -0.2) is 47.1 Å². The zero-order valence-electron chi connectivity index (χ0n) is 16.0. The zero-order chi connectivity index (χ0) is 19.3. The van der Waals surface area contributed by atoms with Crippen LogP contribution in [-0.2, 0) is 16.1 Å². The normalized spacial score (nSPS) is 16.0. The van der Waals surface area contributed by atoms with Gasteiger partial charge in [-0.2, -0.15) is 0 Å². The van der Waals surface area contributed by atoms with Gasteiger partial charge in [0.25, 0.3) is 0 Å². The first-order chi connectivity index (χ1) is 13.7. The molecule has 1 saturated heterocycles. The van der Waals surface area contributed by atoms with E-state index in [1.165, 1.54) is 0 Å². The highest BCUT2D eigenvalue weighted by atomic mass is 16.5. The lowest BCUT2D eigenvalue weighted by Gasteiger charge is -2.33. The second kappa shape index (κ2) is 8.46. The van der Waals surface area contributed by atoms with E-state index >= 15 is 0 Å². The average molecular weight is 376 g/mol. The molecule has 3 heterocycles. The van der Waals surface area contributed by atoms with Crippen molar-refractivity contribution in [1.29, 1.82) is 0 Å². The second-order valence-corrected chi connectivity index (χ2v) is 6.99. The lowest BCUT2D eigenvalue weighted by molar-refractivity contribution is -0.128. The van der Waals surface area contributed by atoms with Crippen molar-refractivity contribution in [3.05, 3.63) is 71.7 Å². The number of carbonyl (C=O) groups is 1. The minimum atomic E-state index is -0.369. The lowest BCUT2D eigenvalue weighted by atomic mass is 10.0. The van der Waals surface area contributed by atoms with Gasteiger partial charge in [0, 0.05) is 43.6 Å². The molecule has 28 heavy (non-hydrogen) atoms. The van der Waals surface area contributed by atoms with E-state index in [0.717, 1.165) is 40.7 Å². The maximum absolute atomic E-state index is 13.2. The van der Waals surface area contributed by atoms with Crippen LogP contribution in [0.15, 0.2) is 55.0 Å². The van der Waals surface area contributed by atoms with Crippen molar-refractivity contribution in [2.75, 3.05) is 26.3 Å². The molecule has 1 N–H and O–H groups in total. The monoisotopic (exact) mass is 376 g/mol. The van der Waals surface area contributed by atoms with Crippen molar-refractivity contribution >= 4 is 16.8 Å². The molecule has 0 radical (unpaired) electrons. The summed E-state index contributed by atoms with van der Waals surface area (Å²) in [5, 5.41) is 4.23. The molecule has 0 bridgehead atoms. The van der Waals surface area contributed by atoms with E-state index in [1.807, 2.05) is 24.3 Å². The minimum Gasteiger partial charge on any atom is -0.379 e. The second-order valence-electron chi connectivity index (χ2n) is 6.99. The Morgan fingerprint density at radius 3 is 2.79 bits per heavy atom. The van der Waals surface area contributed by atoms with Crippen LogP contribution < -0.4 is 5.32 Å². The quantitative estimate of drug-likeness (QED) is 0.741. The summed E-state index contributed by atoms with van der Waals surface area (Å²) >= 11 is 0. The third-order valence-electron chi connectivity index (χ3n) is 5.23. The van der Waals surface area contributed by atoms with Crippen LogP contribution in [0, 0.1) is 6.92 Å². The number of nitrogens with zero attached hydrogens (tertiary/aromatic N) is 3. The third-order valence-corrected chi connectivity index (χ3v) is 5.23. The molecule has 6 nitrogen and oxygen atoms in total. The van der Waals surface area contributed by atoms with E-state index in [0.29, 0.717) is 19.8 Å². The van der Waals surface area contributed by atoms with Crippen LogP contribution in [0.3, 0.4) is 0 Å². The van der Waals surface area contributed by atoms with Crippen LogP contribution in [0.1, 0.15) is 22.7 Å².